The van der Waals surface area contributed by atoms with Gasteiger partial charge in [0.15, 0.2) is 0 Å². The van der Waals surface area contributed by atoms with Crippen LogP contribution in [0.1, 0.15) is 16.7 Å². The minimum atomic E-state index is -0.184. The van der Waals surface area contributed by atoms with Crippen molar-refractivity contribution in [3.05, 3.63) is 100 Å². The summed E-state index contributed by atoms with van der Waals surface area (Å²) in [6, 6.07) is 15.2. The largest absolute Gasteiger partial charge is 0.507 e. The van der Waals surface area contributed by atoms with Crippen LogP contribution in [-0.4, -0.2) is 14.7 Å². The molecule has 2 heterocycles. The van der Waals surface area contributed by atoms with Gasteiger partial charge in [0.1, 0.15) is 5.75 Å². The maximum atomic E-state index is 12.6. The van der Waals surface area contributed by atoms with Crippen LogP contribution in [0.2, 0.25) is 0 Å². The zero-order chi connectivity index (χ0) is 16.8. The summed E-state index contributed by atoms with van der Waals surface area (Å²) in [6.07, 6.45) is 9.25. The number of hydrogen-bond acceptors (Lipinski definition) is 3. The topological polar surface area (TPSA) is 55.1 Å². The molecule has 0 atom stereocenters. The van der Waals surface area contributed by atoms with E-state index in [1.165, 1.54) is 0 Å². The molecule has 0 aliphatic heterocycles. The molecule has 0 bridgehead atoms. The van der Waals surface area contributed by atoms with Crippen LogP contribution in [0.3, 0.4) is 0 Å². The van der Waals surface area contributed by atoms with Crippen molar-refractivity contribution in [3.63, 3.8) is 0 Å². The molecule has 0 amide bonds. The van der Waals surface area contributed by atoms with Crippen molar-refractivity contribution in [2.24, 2.45) is 0 Å². The predicted molar refractivity (Wildman–Crippen MR) is 94.9 cm³/mol. The molecule has 1 N–H and O–H groups in total. The fourth-order valence-corrected chi connectivity index (χ4v) is 2.49. The van der Waals surface area contributed by atoms with Gasteiger partial charge in [-0.3, -0.25) is 9.78 Å². The Kier molecular flexibility index (Phi) is 4.87. The van der Waals surface area contributed by atoms with Crippen molar-refractivity contribution in [2.75, 3.05) is 0 Å². The Balaban J connectivity index is 1.81. The standard InChI is InChI=1S/C20H18N2O2/c23-19-11-13-22(15-17-9-5-12-21-14-17)20(24)18(19)10-4-8-16-6-2-1-3-7-16/h1-9,11-14,23H,10,15H2. The van der Waals surface area contributed by atoms with E-state index in [2.05, 4.69) is 4.98 Å². The van der Waals surface area contributed by atoms with E-state index in [9.17, 15) is 9.90 Å². The third-order valence-corrected chi connectivity index (χ3v) is 3.75. The number of hydrogen-bond donors (Lipinski definition) is 1. The number of aromatic nitrogens is 2. The summed E-state index contributed by atoms with van der Waals surface area (Å²) in [5.74, 6) is 0.0279. The summed E-state index contributed by atoms with van der Waals surface area (Å²) in [4.78, 5) is 16.6. The van der Waals surface area contributed by atoms with E-state index in [1.807, 2.05) is 54.6 Å². The molecular weight excluding hydrogens is 300 g/mol. The van der Waals surface area contributed by atoms with Crippen LogP contribution in [-0.2, 0) is 13.0 Å². The van der Waals surface area contributed by atoms with Crippen LogP contribution in [0.4, 0.5) is 0 Å². The third kappa shape index (κ3) is 3.79. The molecule has 4 nitrogen and oxygen atoms in total. The van der Waals surface area contributed by atoms with Gasteiger partial charge in [-0.25, -0.2) is 0 Å². The van der Waals surface area contributed by atoms with Crippen molar-refractivity contribution in [1.29, 1.82) is 0 Å². The zero-order valence-electron chi connectivity index (χ0n) is 13.2. The molecule has 0 unspecified atom stereocenters. The molecule has 0 fully saturated rings. The summed E-state index contributed by atoms with van der Waals surface area (Å²) in [5.41, 5.74) is 2.21. The highest BCUT2D eigenvalue weighted by molar-refractivity contribution is 5.49. The molecule has 1 aromatic carbocycles. The molecule has 120 valence electrons. The second-order valence-electron chi connectivity index (χ2n) is 5.49. The van der Waals surface area contributed by atoms with E-state index in [-0.39, 0.29) is 11.3 Å². The minimum absolute atomic E-state index is 0.0279. The van der Waals surface area contributed by atoms with Gasteiger partial charge in [0, 0.05) is 18.6 Å². The van der Waals surface area contributed by atoms with E-state index < -0.39 is 0 Å². The normalized spacial score (nSPS) is 11.0. The van der Waals surface area contributed by atoms with Gasteiger partial charge in [-0.05, 0) is 29.7 Å². The Morgan fingerprint density at radius 2 is 1.92 bits per heavy atom. The molecular formula is C20H18N2O2. The van der Waals surface area contributed by atoms with Gasteiger partial charge in [-0.2, -0.15) is 0 Å². The first kappa shape index (κ1) is 15.7. The fourth-order valence-electron chi connectivity index (χ4n) is 2.49. The summed E-state index contributed by atoms with van der Waals surface area (Å²) < 4.78 is 1.59. The van der Waals surface area contributed by atoms with Crippen LogP contribution in [0.15, 0.2) is 78.0 Å². The smallest absolute Gasteiger partial charge is 0.258 e. The average Bonchev–Trinajstić information content (AvgIpc) is 2.62. The second kappa shape index (κ2) is 7.42. The molecule has 24 heavy (non-hydrogen) atoms. The highest BCUT2D eigenvalue weighted by atomic mass is 16.3. The van der Waals surface area contributed by atoms with Crippen molar-refractivity contribution in [1.82, 2.24) is 9.55 Å². The highest BCUT2D eigenvalue weighted by Gasteiger charge is 2.08. The maximum absolute atomic E-state index is 12.6. The van der Waals surface area contributed by atoms with Gasteiger partial charge in [0.2, 0.25) is 0 Å². The number of rotatable bonds is 5. The van der Waals surface area contributed by atoms with Crippen LogP contribution < -0.4 is 5.56 Å². The van der Waals surface area contributed by atoms with Crippen LogP contribution in [0, 0.1) is 0 Å². The number of allylic oxidation sites excluding steroid dienone is 1. The number of benzene rings is 1. The van der Waals surface area contributed by atoms with Gasteiger partial charge in [-0.1, -0.05) is 48.6 Å². The average molecular weight is 318 g/mol. The van der Waals surface area contributed by atoms with Gasteiger partial charge < -0.3 is 9.67 Å². The number of pyridine rings is 2. The fraction of sp³-hybridized carbons (Fsp3) is 0.100. The lowest BCUT2D eigenvalue weighted by atomic mass is 10.1. The van der Waals surface area contributed by atoms with E-state index >= 15 is 0 Å². The third-order valence-electron chi connectivity index (χ3n) is 3.75. The minimum Gasteiger partial charge on any atom is -0.507 e. The summed E-state index contributed by atoms with van der Waals surface area (Å²) in [5, 5.41) is 10.0. The van der Waals surface area contributed by atoms with Gasteiger partial charge in [0.25, 0.3) is 5.56 Å². The summed E-state index contributed by atoms with van der Waals surface area (Å²) in [7, 11) is 0. The maximum Gasteiger partial charge on any atom is 0.258 e. The molecule has 3 rings (SSSR count). The lowest BCUT2D eigenvalue weighted by molar-refractivity contribution is 0.465. The quantitative estimate of drug-likeness (QED) is 0.785. The molecule has 0 aliphatic rings. The molecule has 4 heteroatoms. The molecule has 0 saturated carbocycles. The Bertz CT molecular complexity index is 885. The monoisotopic (exact) mass is 318 g/mol. The molecule has 0 aliphatic carbocycles. The summed E-state index contributed by atoms with van der Waals surface area (Å²) in [6.45, 7) is 0.433. The lowest BCUT2D eigenvalue weighted by Crippen LogP contribution is -2.23. The van der Waals surface area contributed by atoms with Gasteiger partial charge in [-0.15, -0.1) is 0 Å². The van der Waals surface area contributed by atoms with E-state index in [1.54, 1.807) is 29.2 Å². The van der Waals surface area contributed by atoms with Crippen molar-refractivity contribution in [2.45, 2.75) is 13.0 Å². The first-order chi connectivity index (χ1) is 11.7. The van der Waals surface area contributed by atoms with Crippen LogP contribution in [0.5, 0.6) is 5.75 Å². The highest BCUT2D eigenvalue weighted by Crippen LogP contribution is 2.14. The Morgan fingerprint density at radius 1 is 1.08 bits per heavy atom. The molecule has 0 spiro atoms. The Hall–Kier alpha value is -3.14. The van der Waals surface area contributed by atoms with Crippen molar-refractivity contribution < 1.29 is 5.11 Å². The summed E-state index contributed by atoms with van der Waals surface area (Å²) >= 11 is 0. The van der Waals surface area contributed by atoms with Crippen LogP contribution >= 0.6 is 0 Å². The number of nitrogens with zero attached hydrogens (tertiary/aromatic N) is 2. The van der Waals surface area contributed by atoms with Crippen molar-refractivity contribution in [3.8, 4) is 5.75 Å². The zero-order valence-corrected chi connectivity index (χ0v) is 13.2. The predicted octanol–water partition coefficient (Wildman–Crippen LogP) is 3.25. The Morgan fingerprint density at radius 3 is 2.67 bits per heavy atom. The Labute approximate surface area is 140 Å². The first-order valence-electron chi connectivity index (χ1n) is 7.76. The second-order valence-corrected chi connectivity index (χ2v) is 5.49. The lowest BCUT2D eigenvalue weighted by Gasteiger charge is -2.09. The number of aromatic hydroxyl groups is 1. The van der Waals surface area contributed by atoms with Crippen molar-refractivity contribution >= 4 is 6.08 Å². The van der Waals surface area contributed by atoms with Crippen LogP contribution in [0.25, 0.3) is 6.08 Å². The van der Waals surface area contributed by atoms with E-state index in [0.717, 1.165) is 11.1 Å². The van der Waals surface area contributed by atoms with E-state index in [0.29, 0.717) is 18.5 Å². The molecule has 3 aromatic rings. The van der Waals surface area contributed by atoms with Gasteiger partial charge in [0.05, 0.1) is 12.1 Å². The van der Waals surface area contributed by atoms with Gasteiger partial charge >= 0.3 is 0 Å². The SMILES string of the molecule is O=c1c(CC=Cc2ccccc2)c(O)ccn1Cc1cccnc1. The van der Waals surface area contributed by atoms with E-state index in [4.69, 9.17) is 0 Å². The first-order valence-corrected chi connectivity index (χ1v) is 7.76. The molecule has 2 aromatic heterocycles. The molecule has 0 radical (unpaired) electrons. The molecule has 0 saturated heterocycles.